The van der Waals surface area contributed by atoms with Crippen molar-refractivity contribution in [2.45, 2.75) is 20.8 Å². The SMILES string of the molecule is Cc1cc(Nc2ccc(Oc3ccccc3)cc2)cc(C)c1C. The Morgan fingerprint density at radius 1 is 0.652 bits per heavy atom. The monoisotopic (exact) mass is 303 g/mol. The van der Waals surface area contributed by atoms with E-state index in [4.69, 9.17) is 4.74 Å². The smallest absolute Gasteiger partial charge is 0.127 e. The highest BCUT2D eigenvalue weighted by Gasteiger charge is 2.02. The molecule has 3 rings (SSSR count). The summed E-state index contributed by atoms with van der Waals surface area (Å²) in [6.07, 6.45) is 0. The average molecular weight is 303 g/mol. The lowest BCUT2D eigenvalue weighted by atomic mass is 10.0. The van der Waals surface area contributed by atoms with Crippen LogP contribution in [0.15, 0.2) is 66.7 Å². The van der Waals surface area contributed by atoms with Crippen molar-refractivity contribution in [3.05, 3.63) is 83.4 Å². The van der Waals surface area contributed by atoms with E-state index in [1.165, 1.54) is 16.7 Å². The van der Waals surface area contributed by atoms with E-state index in [2.05, 4.69) is 38.2 Å². The van der Waals surface area contributed by atoms with Gasteiger partial charge in [0.2, 0.25) is 0 Å². The predicted octanol–water partition coefficient (Wildman–Crippen LogP) is 6.15. The Morgan fingerprint density at radius 3 is 1.83 bits per heavy atom. The van der Waals surface area contributed by atoms with Crippen LogP contribution in [0.3, 0.4) is 0 Å². The molecule has 0 aliphatic carbocycles. The summed E-state index contributed by atoms with van der Waals surface area (Å²) in [7, 11) is 0. The molecule has 3 aromatic rings. The molecule has 3 aromatic carbocycles. The molecule has 116 valence electrons. The van der Waals surface area contributed by atoms with Gasteiger partial charge in [-0.2, -0.15) is 0 Å². The van der Waals surface area contributed by atoms with Gasteiger partial charge in [0.1, 0.15) is 11.5 Å². The summed E-state index contributed by atoms with van der Waals surface area (Å²) < 4.78 is 5.81. The number of benzene rings is 3. The highest BCUT2D eigenvalue weighted by Crippen LogP contribution is 2.26. The van der Waals surface area contributed by atoms with Gasteiger partial charge in [-0.15, -0.1) is 0 Å². The van der Waals surface area contributed by atoms with E-state index in [-0.39, 0.29) is 0 Å². The van der Waals surface area contributed by atoms with E-state index in [1.807, 2.05) is 54.6 Å². The Hall–Kier alpha value is -2.74. The number of hydrogen-bond donors (Lipinski definition) is 1. The van der Waals surface area contributed by atoms with Crippen molar-refractivity contribution in [2.75, 3.05) is 5.32 Å². The van der Waals surface area contributed by atoms with Crippen molar-refractivity contribution in [1.29, 1.82) is 0 Å². The number of rotatable bonds is 4. The number of ether oxygens (including phenoxy) is 1. The maximum Gasteiger partial charge on any atom is 0.127 e. The fourth-order valence-corrected chi connectivity index (χ4v) is 2.51. The first-order chi connectivity index (χ1) is 11.1. The molecule has 0 fully saturated rings. The van der Waals surface area contributed by atoms with Crippen LogP contribution in [0.4, 0.5) is 11.4 Å². The molecule has 0 aliphatic heterocycles. The molecule has 0 spiro atoms. The van der Waals surface area contributed by atoms with Crippen molar-refractivity contribution in [3.8, 4) is 11.5 Å². The second kappa shape index (κ2) is 6.57. The van der Waals surface area contributed by atoms with Gasteiger partial charge in [-0.3, -0.25) is 0 Å². The standard InChI is InChI=1S/C21H21NO/c1-15-13-19(14-16(2)17(15)3)22-18-9-11-21(12-10-18)23-20-7-5-4-6-8-20/h4-14,22H,1-3H3. The first kappa shape index (κ1) is 15.2. The number of aryl methyl sites for hydroxylation is 2. The summed E-state index contributed by atoms with van der Waals surface area (Å²) in [4.78, 5) is 0. The lowest BCUT2D eigenvalue weighted by molar-refractivity contribution is 0.483. The zero-order valence-corrected chi connectivity index (χ0v) is 13.8. The van der Waals surface area contributed by atoms with E-state index >= 15 is 0 Å². The molecule has 1 N–H and O–H groups in total. The molecule has 0 bridgehead atoms. The fourth-order valence-electron chi connectivity index (χ4n) is 2.51. The molecule has 0 radical (unpaired) electrons. The summed E-state index contributed by atoms with van der Waals surface area (Å²) in [6, 6.07) is 22.2. The largest absolute Gasteiger partial charge is 0.457 e. The zero-order chi connectivity index (χ0) is 16.2. The maximum atomic E-state index is 5.81. The highest BCUT2D eigenvalue weighted by atomic mass is 16.5. The Morgan fingerprint density at radius 2 is 1.22 bits per heavy atom. The minimum atomic E-state index is 0.831. The summed E-state index contributed by atoms with van der Waals surface area (Å²) in [5.74, 6) is 1.68. The van der Waals surface area contributed by atoms with Gasteiger partial charge in [-0.1, -0.05) is 18.2 Å². The summed E-state index contributed by atoms with van der Waals surface area (Å²) in [6.45, 7) is 6.44. The third kappa shape index (κ3) is 3.72. The zero-order valence-electron chi connectivity index (χ0n) is 13.8. The van der Waals surface area contributed by atoms with Gasteiger partial charge in [0.15, 0.2) is 0 Å². The van der Waals surface area contributed by atoms with E-state index in [9.17, 15) is 0 Å². The molecule has 2 nitrogen and oxygen atoms in total. The second-order valence-electron chi connectivity index (χ2n) is 5.80. The van der Waals surface area contributed by atoms with Crippen LogP contribution in [-0.4, -0.2) is 0 Å². The van der Waals surface area contributed by atoms with Crippen LogP contribution >= 0.6 is 0 Å². The van der Waals surface area contributed by atoms with Crippen molar-refractivity contribution in [2.24, 2.45) is 0 Å². The third-order valence-corrected chi connectivity index (χ3v) is 4.05. The van der Waals surface area contributed by atoms with Crippen LogP contribution < -0.4 is 10.1 Å². The van der Waals surface area contributed by atoms with Crippen LogP contribution in [0.5, 0.6) is 11.5 Å². The Balaban J connectivity index is 1.73. The Kier molecular flexibility index (Phi) is 4.33. The summed E-state index contributed by atoms with van der Waals surface area (Å²) >= 11 is 0. The fraction of sp³-hybridized carbons (Fsp3) is 0.143. The first-order valence-electron chi connectivity index (χ1n) is 7.79. The molecule has 2 heteroatoms. The molecular weight excluding hydrogens is 282 g/mol. The van der Waals surface area contributed by atoms with Gasteiger partial charge in [0, 0.05) is 11.4 Å². The molecule has 0 unspecified atom stereocenters. The average Bonchev–Trinajstić information content (AvgIpc) is 2.55. The van der Waals surface area contributed by atoms with Crippen LogP contribution in [-0.2, 0) is 0 Å². The van der Waals surface area contributed by atoms with Crippen molar-refractivity contribution in [3.63, 3.8) is 0 Å². The van der Waals surface area contributed by atoms with Crippen molar-refractivity contribution < 1.29 is 4.74 Å². The first-order valence-corrected chi connectivity index (χ1v) is 7.79. The van der Waals surface area contributed by atoms with Gasteiger partial charge in [-0.25, -0.2) is 0 Å². The van der Waals surface area contributed by atoms with Crippen LogP contribution in [0.2, 0.25) is 0 Å². The number of nitrogens with one attached hydrogen (secondary N) is 1. The minimum absolute atomic E-state index is 0.831. The van der Waals surface area contributed by atoms with Gasteiger partial charge in [-0.05, 0) is 86.0 Å². The lowest BCUT2D eigenvalue weighted by Gasteiger charge is -2.12. The number of anilines is 2. The normalized spacial score (nSPS) is 10.4. The molecule has 23 heavy (non-hydrogen) atoms. The van der Waals surface area contributed by atoms with Crippen molar-refractivity contribution >= 4 is 11.4 Å². The maximum absolute atomic E-state index is 5.81. The molecule has 0 atom stereocenters. The molecule has 0 saturated heterocycles. The van der Waals surface area contributed by atoms with Crippen LogP contribution in [0.1, 0.15) is 16.7 Å². The number of para-hydroxylation sites is 1. The molecular formula is C21H21NO. The Bertz CT molecular complexity index is 769. The molecule has 0 heterocycles. The molecule has 0 amide bonds. The third-order valence-electron chi connectivity index (χ3n) is 4.05. The van der Waals surface area contributed by atoms with E-state index in [1.54, 1.807) is 0 Å². The van der Waals surface area contributed by atoms with Crippen LogP contribution in [0.25, 0.3) is 0 Å². The second-order valence-corrected chi connectivity index (χ2v) is 5.80. The predicted molar refractivity (Wildman–Crippen MR) is 96.9 cm³/mol. The van der Waals surface area contributed by atoms with Gasteiger partial charge >= 0.3 is 0 Å². The van der Waals surface area contributed by atoms with E-state index in [0.29, 0.717) is 0 Å². The topological polar surface area (TPSA) is 21.3 Å². The highest BCUT2D eigenvalue weighted by molar-refractivity contribution is 5.63. The molecule has 0 saturated carbocycles. The summed E-state index contributed by atoms with van der Waals surface area (Å²) in [5.41, 5.74) is 6.12. The van der Waals surface area contributed by atoms with Gasteiger partial charge in [0.05, 0.1) is 0 Å². The molecule has 0 aliphatic rings. The quantitative estimate of drug-likeness (QED) is 0.624. The Labute approximate surface area is 137 Å². The lowest BCUT2D eigenvalue weighted by Crippen LogP contribution is -1.94. The van der Waals surface area contributed by atoms with Gasteiger partial charge in [0.25, 0.3) is 0 Å². The minimum Gasteiger partial charge on any atom is -0.457 e. The van der Waals surface area contributed by atoms with E-state index in [0.717, 1.165) is 22.9 Å². The van der Waals surface area contributed by atoms with E-state index < -0.39 is 0 Å². The molecule has 0 aromatic heterocycles. The van der Waals surface area contributed by atoms with Crippen molar-refractivity contribution in [1.82, 2.24) is 0 Å². The van der Waals surface area contributed by atoms with Gasteiger partial charge < -0.3 is 10.1 Å². The number of hydrogen-bond acceptors (Lipinski definition) is 2. The van der Waals surface area contributed by atoms with Crippen LogP contribution in [0, 0.1) is 20.8 Å². The summed E-state index contributed by atoms with van der Waals surface area (Å²) in [5, 5.41) is 3.45.